The third kappa shape index (κ3) is 17.2. The zero-order valence-electron chi connectivity index (χ0n) is 41.2. The molecule has 0 aromatic heterocycles. The van der Waals surface area contributed by atoms with Gasteiger partial charge in [-0.15, -0.1) is 0 Å². The molecule has 2 aliphatic rings. The number of likely N-dealkylation sites (N-methyl/N-ethyl adjacent to an activating group) is 1. The standard InChI is InChI=1S/C48H76N8O12/c1-10-11-13-21-37(57)49-34(27-39(59)60)43(62)53-41-30(6)68-48(67)40(29(4)5)52-44(63)35(26-31-18-14-12-15-19-31)55(9)47(66)36(25-28(2)3)56-38(58)23-22-33(46(56)65)51-42(61)32(50-45(41)64)20-16-17-24-54(7)8/h12,14-15,18-19,28-30,32-36,38,40-41,58H,10-11,13,16-17,20-27H2,1-9H3,(H,49,57)(H,50,64)(H,51,61)(H,52,63)(H,53,62)(H,59,60)/t30-,32+,33+,34+,35+,36+,38+,40+,41+/m1/s1. The first-order valence-corrected chi connectivity index (χ1v) is 23.9. The van der Waals surface area contributed by atoms with Gasteiger partial charge in [-0.1, -0.05) is 77.8 Å². The molecule has 0 radical (unpaired) electrons. The molecule has 2 bridgehead atoms. The summed E-state index contributed by atoms with van der Waals surface area (Å²) >= 11 is 0. The largest absolute Gasteiger partial charge is 0.481 e. The Labute approximate surface area is 400 Å². The van der Waals surface area contributed by atoms with Gasteiger partial charge in [0.15, 0.2) is 0 Å². The number of amides is 7. The van der Waals surface area contributed by atoms with Gasteiger partial charge in [0.25, 0.3) is 0 Å². The second-order valence-corrected chi connectivity index (χ2v) is 19.1. The van der Waals surface area contributed by atoms with Crippen molar-refractivity contribution in [1.82, 2.24) is 41.3 Å². The predicted octanol–water partition coefficient (Wildman–Crippen LogP) is 1.22. The Morgan fingerprint density at radius 2 is 1.54 bits per heavy atom. The van der Waals surface area contributed by atoms with Crippen molar-refractivity contribution in [1.29, 1.82) is 0 Å². The van der Waals surface area contributed by atoms with E-state index < -0.39 is 120 Å². The molecule has 2 fully saturated rings. The van der Waals surface area contributed by atoms with Crippen LogP contribution in [0.25, 0.3) is 0 Å². The van der Waals surface area contributed by atoms with Crippen molar-refractivity contribution >= 4 is 53.3 Å². The summed E-state index contributed by atoms with van der Waals surface area (Å²) in [6, 6.07) is -1.13. The summed E-state index contributed by atoms with van der Waals surface area (Å²) < 4.78 is 5.86. The molecule has 3 rings (SSSR count). The van der Waals surface area contributed by atoms with E-state index in [4.69, 9.17) is 4.74 Å². The van der Waals surface area contributed by atoms with E-state index in [2.05, 4.69) is 26.6 Å². The van der Waals surface area contributed by atoms with Gasteiger partial charge in [0, 0.05) is 19.9 Å². The number of cyclic esters (lactones) is 1. The van der Waals surface area contributed by atoms with Crippen LogP contribution in [0.3, 0.4) is 0 Å². The van der Waals surface area contributed by atoms with Gasteiger partial charge in [-0.05, 0) is 89.9 Å². The molecule has 0 aliphatic carbocycles. The SMILES string of the molecule is CCCCCC(=O)N[C@@H](CC(=O)O)C(=O)N[C@@H]1C(=O)N[C@@H](CCCCN(C)C)C(=O)N[C@H]2CC[C@H](O)N(C2=O)[C@@H](CC(C)C)C(=O)N(C)[C@@H](Cc2ccccc2)C(=O)N[C@@H](C(C)C)C(=O)O[C@@H]1C. The summed E-state index contributed by atoms with van der Waals surface area (Å²) in [7, 11) is 5.15. The summed E-state index contributed by atoms with van der Waals surface area (Å²) in [4.78, 5) is 130. The molecule has 68 heavy (non-hydrogen) atoms. The minimum atomic E-state index is -1.80. The highest BCUT2D eigenvalue weighted by atomic mass is 16.5. The molecular weight excluding hydrogens is 881 g/mol. The number of piperidine rings is 1. The van der Waals surface area contributed by atoms with Crippen molar-refractivity contribution in [2.24, 2.45) is 11.8 Å². The van der Waals surface area contributed by atoms with Gasteiger partial charge < -0.3 is 56.2 Å². The predicted molar refractivity (Wildman–Crippen MR) is 251 cm³/mol. The van der Waals surface area contributed by atoms with E-state index in [9.17, 15) is 53.4 Å². The van der Waals surface area contributed by atoms with Gasteiger partial charge in [0.1, 0.15) is 54.6 Å². The number of carbonyl (C=O) groups is 9. The van der Waals surface area contributed by atoms with Gasteiger partial charge in [-0.2, -0.15) is 0 Å². The molecular formula is C48H76N8O12. The molecule has 0 spiro atoms. The quantitative estimate of drug-likeness (QED) is 0.0761. The maximum absolute atomic E-state index is 14.8. The normalized spacial score (nSPS) is 25.1. The summed E-state index contributed by atoms with van der Waals surface area (Å²) in [6.45, 7) is 10.8. The topological polar surface area (TPSA) is 273 Å². The van der Waals surface area contributed by atoms with Gasteiger partial charge in [-0.25, -0.2) is 4.79 Å². The number of aliphatic carboxylic acids is 1. The van der Waals surface area contributed by atoms with Crippen molar-refractivity contribution in [3.05, 3.63) is 35.9 Å². The Bertz CT molecular complexity index is 1900. The summed E-state index contributed by atoms with van der Waals surface area (Å²) in [5, 5.41) is 34.2. The Hall–Kier alpha value is -5.63. The maximum atomic E-state index is 14.8. The number of aliphatic hydroxyl groups excluding tert-OH is 1. The van der Waals surface area contributed by atoms with Gasteiger partial charge in [0.05, 0.1) is 6.42 Å². The third-order valence-electron chi connectivity index (χ3n) is 12.2. The first-order chi connectivity index (χ1) is 32.0. The second-order valence-electron chi connectivity index (χ2n) is 19.1. The molecule has 2 aliphatic heterocycles. The van der Waals surface area contributed by atoms with E-state index in [1.54, 1.807) is 44.2 Å². The highest BCUT2D eigenvalue weighted by molar-refractivity contribution is 5.98. The van der Waals surface area contributed by atoms with E-state index in [1.807, 2.05) is 39.8 Å². The number of benzene rings is 1. The highest BCUT2D eigenvalue weighted by Gasteiger charge is 2.46. The molecule has 0 saturated carbocycles. The lowest BCUT2D eigenvalue weighted by molar-refractivity contribution is -0.166. The molecule has 0 unspecified atom stereocenters. The zero-order valence-corrected chi connectivity index (χ0v) is 41.2. The molecule has 380 valence electrons. The van der Waals surface area contributed by atoms with Crippen molar-refractivity contribution in [2.75, 3.05) is 27.7 Å². The van der Waals surface area contributed by atoms with Crippen LogP contribution in [0.1, 0.15) is 118 Å². The Kier molecular flexibility index (Phi) is 22.8. The van der Waals surface area contributed by atoms with Crippen LogP contribution in [0, 0.1) is 11.8 Å². The number of carboxylic acid groups (broad SMARTS) is 1. The lowest BCUT2D eigenvalue weighted by Crippen LogP contribution is -2.65. The van der Waals surface area contributed by atoms with Crippen LogP contribution >= 0.6 is 0 Å². The number of carbonyl (C=O) groups excluding carboxylic acids is 8. The molecule has 20 nitrogen and oxygen atoms in total. The Morgan fingerprint density at radius 1 is 0.868 bits per heavy atom. The number of hydrogen-bond donors (Lipinski definition) is 7. The minimum absolute atomic E-state index is 0.0108. The van der Waals surface area contributed by atoms with Crippen molar-refractivity contribution in [3.8, 4) is 0 Å². The average molecular weight is 957 g/mol. The summed E-state index contributed by atoms with van der Waals surface area (Å²) in [5.41, 5.74) is 0.666. The van der Waals surface area contributed by atoms with E-state index >= 15 is 0 Å². The van der Waals surface area contributed by atoms with Crippen LogP contribution in [-0.2, 0) is 54.3 Å². The number of ether oxygens (including phenoxy) is 1. The second kappa shape index (κ2) is 27.4. The fourth-order valence-corrected chi connectivity index (χ4v) is 8.30. The summed E-state index contributed by atoms with van der Waals surface area (Å²) in [6.07, 6.45) is -0.734. The molecule has 9 atom stereocenters. The van der Waals surface area contributed by atoms with Gasteiger partial charge in [-0.3, -0.25) is 38.4 Å². The van der Waals surface area contributed by atoms with Gasteiger partial charge >= 0.3 is 11.9 Å². The van der Waals surface area contributed by atoms with E-state index in [0.717, 1.165) is 11.3 Å². The number of fused-ring (bicyclic) bond motifs is 2. The number of hydrogen-bond acceptors (Lipinski definition) is 12. The number of nitrogens with zero attached hydrogens (tertiary/aromatic N) is 3. The lowest BCUT2D eigenvalue weighted by atomic mass is 9.94. The molecule has 7 N–H and O–H groups in total. The van der Waals surface area contributed by atoms with E-state index in [1.165, 1.54) is 18.9 Å². The number of esters is 1. The first kappa shape index (κ1) is 56.7. The fourth-order valence-electron chi connectivity index (χ4n) is 8.30. The van der Waals surface area contributed by atoms with Crippen molar-refractivity contribution < 1.29 is 58.1 Å². The molecule has 1 aromatic carbocycles. The fraction of sp³-hybridized carbons (Fsp3) is 0.688. The number of carboxylic acids is 1. The number of rotatable bonds is 19. The molecule has 2 heterocycles. The number of unbranched alkanes of at least 4 members (excludes halogenated alkanes) is 3. The minimum Gasteiger partial charge on any atom is -0.481 e. The zero-order chi connectivity index (χ0) is 50.8. The monoisotopic (exact) mass is 957 g/mol. The lowest BCUT2D eigenvalue weighted by Gasteiger charge is -2.43. The number of nitrogens with one attached hydrogen (secondary N) is 5. The van der Waals surface area contributed by atoms with Crippen LogP contribution in [0.2, 0.25) is 0 Å². The van der Waals surface area contributed by atoms with Gasteiger partial charge in [0.2, 0.25) is 41.4 Å². The smallest absolute Gasteiger partial charge is 0.329 e. The van der Waals surface area contributed by atoms with Crippen LogP contribution in [-0.4, -0.2) is 161 Å². The summed E-state index contributed by atoms with van der Waals surface area (Å²) in [5.74, 6) is -8.91. The van der Waals surface area contributed by atoms with Crippen LogP contribution in [0.4, 0.5) is 0 Å². The van der Waals surface area contributed by atoms with E-state index in [0.29, 0.717) is 37.8 Å². The van der Waals surface area contributed by atoms with Crippen molar-refractivity contribution in [3.63, 3.8) is 0 Å². The molecule has 7 amide bonds. The van der Waals surface area contributed by atoms with Crippen LogP contribution in [0.5, 0.6) is 0 Å². The third-order valence-corrected chi connectivity index (χ3v) is 12.2. The highest BCUT2D eigenvalue weighted by Crippen LogP contribution is 2.26. The van der Waals surface area contributed by atoms with Crippen LogP contribution < -0.4 is 26.6 Å². The maximum Gasteiger partial charge on any atom is 0.329 e. The molecule has 2 saturated heterocycles. The van der Waals surface area contributed by atoms with E-state index in [-0.39, 0.29) is 44.4 Å². The molecule has 20 heteroatoms. The Morgan fingerprint density at radius 3 is 2.15 bits per heavy atom. The molecule has 1 aromatic rings. The average Bonchev–Trinajstić information content (AvgIpc) is 3.26. The van der Waals surface area contributed by atoms with Crippen molar-refractivity contribution in [2.45, 2.75) is 173 Å². The Balaban J connectivity index is 2.22. The first-order valence-electron chi connectivity index (χ1n) is 23.9. The van der Waals surface area contributed by atoms with Crippen LogP contribution in [0.15, 0.2) is 30.3 Å². The number of aliphatic hydroxyl groups is 1.